The number of hydrogen-bond donors (Lipinski definition) is 2. The maximum Gasteiger partial charge on any atom is 0.220 e. The number of rotatable bonds is 5. The van der Waals surface area contributed by atoms with Crippen molar-refractivity contribution in [1.29, 1.82) is 0 Å². The summed E-state index contributed by atoms with van der Waals surface area (Å²) in [6.45, 7) is 2.79. The van der Waals surface area contributed by atoms with Crippen molar-refractivity contribution in [3.8, 4) is 0 Å². The highest BCUT2D eigenvalue weighted by molar-refractivity contribution is 5.76. The lowest BCUT2D eigenvalue weighted by Gasteiger charge is -2.09. The van der Waals surface area contributed by atoms with Gasteiger partial charge in [0.2, 0.25) is 5.91 Å². The fourth-order valence-corrected chi connectivity index (χ4v) is 2.21. The van der Waals surface area contributed by atoms with Crippen molar-refractivity contribution in [2.75, 3.05) is 19.6 Å². The zero-order chi connectivity index (χ0) is 11.9. The first-order valence-electron chi connectivity index (χ1n) is 6.36. The standard InChI is InChI=1S/C14H20N2O/c17-14(10-13-6-8-15-11-13)16-9-7-12-4-2-1-3-5-12/h1-5,13,15H,6-11H2,(H,16,17). The first-order valence-corrected chi connectivity index (χ1v) is 6.36. The van der Waals surface area contributed by atoms with E-state index in [9.17, 15) is 4.79 Å². The molecule has 0 aromatic heterocycles. The minimum Gasteiger partial charge on any atom is -0.356 e. The van der Waals surface area contributed by atoms with Gasteiger partial charge in [-0.25, -0.2) is 0 Å². The molecular formula is C14H20N2O. The van der Waals surface area contributed by atoms with Gasteiger partial charge in [0, 0.05) is 13.0 Å². The molecule has 0 radical (unpaired) electrons. The Morgan fingerprint density at radius 3 is 2.88 bits per heavy atom. The molecule has 1 aliphatic heterocycles. The van der Waals surface area contributed by atoms with Crippen molar-refractivity contribution in [2.45, 2.75) is 19.3 Å². The summed E-state index contributed by atoms with van der Waals surface area (Å²) in [7, 11) is 0. The van der Waals surface area contributed by atoms with Gasteiger partial charge in [-0.05, 0) is 37.4 Å². The molecule has 0 spiro atoms. The van der Waals surface area contributed by atoms with E-state index in [0.717, 1.165) is 32.5 Å². The number of nitrogens with one attached hydrogen (secondary N) is 2. The van der Waals surface area contributed by atoms with Crippen LogP contribution in [-0.2, 0) is 11.2 Å². The monoisotopic (exact) mass is 232 g/mol. The van der Waals surface area contributed by atoms with Crippen molar-refractivity contribution in [1.82, 2.24) is 10.6 Å². The highest BCUT2D eigenvalue weighted by Crippen LogP contribution is 2.11. The molecule has 3 heteroatoms. The van der Waals surface area contributed by atoms with Crippen LogP contribution in [0.1, 0.15) is 18.4 Å². The molecule has 1 unspecified atom stereocenters. The molecule has 1 aromatic rings. The second kappa shape index (κ2) is 6.40. The van der Waals surface area contributed by atoms with E-state index in [2.05, 4.69) is 22.8 Å². The Bertz CT molecular complexity index is 344. The number of hydrogen-bond acceptors (Lipinski definition) is 2. The van der Waals surface area contributed by atoms with Gasteiger partial charge in [0.25, 0.3) is 0 Å². The number of amides is 1. The first-order chi connectivity index (χ1) is 8.34. The van der Waals surface area contributed by atoms with Crippen molar-refractivity contribution in [3.63, 3.8) is 0 Å². The van der Waals surface area contributed by atoms with Crippen LogP contribution >= 0.6 is 0 Å². The van der Waals surface area contributed by atoms with E-state index in [0.29, 0.717) is 12.3 Å². The molecule has 1 aromatic carbocycles. The molecule has 1 aliphatic rings. The van der Waals surface area contributed by atoms with Crippen LogP contribution in [0.3, 0.4) is 0 Å². The Morgan fingerprint density at radius 2 is 2.18 bits per heavy atom. The highest BCUT2D eigenvalue weighted by atomic mass is 16.1. The summed E-state index contributed by atoms with van der Waals surface area (Å²) >= 11 is 0. The topological polar surface area (TPSA) is 41.1 Å². The minimum absolute atomic E-state index is 0.189. The molecule has 3 nitrogen and oxygen atoms in total. The van der Waals surface area contributed by atoms with Gasteiger partial charge in [-0.2, -0.15) is 0 Å². The molecule has 17 heavy (non-hydrogen) atoms. The van der Waals surface area contributed by atoms with Gasteiger partial charge in [0.05, 0.1) is 0 Å². The summed E-state index contributed by atoms with van der Waals surface area (Å²) in [5.74, 6) is 0.723. The van der Waals surface area contributed by atoms with Crippen molar-refractivity contribution in [3.05, 3.63) is 35.9 Å². The summed E-state index contributed by atoms with van der Waals surface area (Å²) in [6.07, 6.45) is 2.71. The third-order valence-electron chi connectivity index (χ3n) is 3.22. The van der Waals surface area contributed by atoms with E-state index in [1.165, 1.54) is 5.56 Å². The highest BCUT2D eigenvalue weighted by Gasteiger charge is 2.17. The lowest BCUT2D eigenvalue weighted by molar-refractivity contribution is -0.121. The average Bonchev–Trinajstić information content (AvgIpc) is 2.83. The smallest absolute Gasteiger partial charge is 0.220 e. The van der Waals surface area contributed by atoms with Crippen LogP contribution in [0.15, 0.2) is 30.3 Å². The molecule has 2 N–H and O–H groups in total. The van der Waals surface area contributed by atoms with Crippen molar-refractivity contribution < 1.29 is 4.79 Å². The van der Waals surface area contributed by atoms with E-state index >= 15 is 0 Å². The van der Waals surface area contributed by atoms with Gasteiger partial charge in [0.1, 0.15) is 0 Å². The lowest BCUT2D eigenvalue weighted by atomic mass is 10.0. The van der Waals surface area contributed by atoms with Gasteiger partial charge < -0.3 is 10.6 Å². The molecule has 1 atom stereocenters. The predicted octanol–water partition coefficient (Wildman–Crippen LogP) is 1.34. The fraction of sp³-hybridized carbons (Fsp3) is 0.500. The van der Waals surface area contributed by atoms with E-state index < -0.39 is 0 Å². The van der Waals surface area contributed by atoms with Gasteiger partial charge in [-0.3, -0.25) is 4.79 Å². The quantitative estimate of drug-likeness (QED) is 0.804. The zero-order valence-electron chi connectivity index (χ0n) is 10.1. The maximum absolute atomic E-state index is 11.7. The summed E-state index contributed by atoms with van der Waals surface area (Å²) in [4.78, 5) is 11.7. The first kappa shape index (κ1) is 12.1. The molecule has 0 aliphatic carbocycles. The number of carbonyl (C=O) groups excluding carboxylic acids is 1. The SMILES string of the molecule is O=C(CC1CCNC1)NCCc1ccccc1. The van der Waals surface area contributed by atoms with Crippen LogP contribution in [0.5, 0.6) is 0 Å². The Hall–Kier alpha value is -1.35. The Kier molecular flexibility index (Phi) is 4.56. The Morgan fingerprint density at radius 1 is 1.35 bits per heavy atom. The Labute approximate surface area is 103 Å². The molecule has 2 rings (SSSR count). The van der Waals surface area contributed by atoms with E-state index in [-0.39, 0.29) is 5.91 Å². The third kappa shape index (κ3) is 4.19. The van der Waals surface area contributed by atoms with Crippen LogP contribution in [0.2, 0.25) is 0 Å². The zero-order valence-corrected chi connectivity index (χ0v) is 10.1. The molecule has 1 saturated heterocycles. The molecular weight excluding hydrogens is 212 g/mol. The van der Waals surface area contributed by atoms with Crippen LogP contribution in [-0.4, -0.2) is 25.5 Å². The lowest BCUT2D eigenvalue weighted by Crippen LogP contribution is -2.28. The van der Waals surface area contributed by atoms with Gasteiger partial charge in [-0.1, -0.05) is 30.3 Å². The molecule has 1 heterocycles. The molecule has 1 fully saturated rings. The van der Waals surface area contributed by atoms with Gasteiger partial charge >= 0.3 is 0 Å². The predicted molar refractivity (Wildman–Crippen MR) is 68.7 cm³/mol. The summed E-state index contributed by atoms with van der Waals surface area (Å²) in [6, 6.07) is 10.2. The maximum atomic E-state index is 11.7. The summed E-state index contributed by atoms with van der Waals surface area (Å²) < 4.78 is 0. The average molecular weight is 232 g/mol. The summed E-state index contributed by atoms with van der Waals surface area (Å²) in [5.41, 5.74) is 1.27. The number of carbonyl (C=O) groups is 1. The van der Waals surface area contributed by atoms with Crippen molar-refractivity contribution in [2.24, 2.45) is 5.92 Å². The molecule has 1 amide bonds. The second-order valence-corrected chi connectivity index (χ2v) is 4.65. The van der Waals surface area contributed by atoms with Crippen LogP contribution in [0.25, 0.3) is 0 Å². The summed E-state index contributed by atoms with van der Waals surface area (Å²) in [5, 5.41) is 6.27. The van der Waals surface area contributed by atoms with E-state index in [1.54, 1.807) is 0 Å². The molecule has 0 bridgehead atoms. The van der Waals surface area contributed by atoms with Crippen LogP contribution in [0.4, 0.5) is 0 Å². The third-order valence-corrected chi connectivity index (χ3v) is 3.22. The Balaban J connectivity index is 1.63. The van der Waals surface area contributed by atoms with Gasteiger partial charge in [-0.15, -0.1) is 0 Å². The fourth-order valence-electron chi connectivity index (χ4n) is 2.21. The molecule has 0 saturated carbocycles. The van der Waals surface area contributed by atoms with Crippen LogP contribution < -0.4 is 10.6 Å². The van der Waals surface area contributed by atoms with E-state index in [1.807, 2.05) is 18.2 Å². The van der Waals surface area contributed by atoms with Crippen LogP contribution in [0, 0.1) is 5.92 Å². The minimum atomic E-state index is 0.189. The second-order valence-electron chi connectivity index (χ2n) is 4.65. The van der Waals surface area contributed by atoms with Gasteiger partial charge in [0.15, 0.2) is 0 Å². The number of benzene rings is 1. The van der Waals surface area contributed by atoms with E-state index in [4.69, 9.17) is 0 Å². The largest absolute Gasteiger partial charge is 0.356 e. The normalized spacial score (nSPS) is 19.2. The molecule has 92 valence electrons. The van der Waals surface area contributed by atoms with Crippen molar-refractivity contribution >= 4 is 5.91 Å².